The molecular formula is C22H13NO4. The van der Waals surface area contributed by atoms with Crippen molar-refractivity contribution in [3.8, 4) is 11.1 Å². The molecule has 1 aliphatic carbocycles. The molecule has 0 aliphatic heterocycles. The number of hydrogen-bond donors (Lipinski definition) is 1. The molecular weight excluding hydrogens is 342 g/mol. The second-order valence-electron chi connectivity index (χ2n) is 6.12. The molecule has 0 bridgehead atoms. The van der Waals surface area contributed by atoms with E-state index in [-0.39, 0.29) is 23.2 Å². The van der Waals surface area contributed by atoms with E-state index >= 15 is 0 Å². The van der Waals surface area contributed by atoms with Crippen LogP contribution in [0.4, 0.5) is 5.69 Å². The Morgan fingerprint density at radius 3 is 2.30 bits per heavy atom. The van der Waals surface area contributed by atoms with Crippen molar-refractivity contribution in [2.24, 2.45) is 0 Å². The lowest BCUT2D eigenvalue weighted by Gasteiger charge is -2.09. The van der Waals surface area contributed by atoms with Crippen molar-refractivity contribution < 1.29 is 19.2 Å². The molecule has 1 aliphatic rings. The van der Waals surface area contributed by atoms with Crippen LogP contribution in [0.3, 0.4) is 0 Å². The van der Waals surface area contributed by atoms with Gasteiger partial charge in [0, 0.05) is 22.4 Å². The highest BCUT2D eigenvalue weighted by molar-refractivity contribution is 6.33. The maximum absolute atomic E-state index is 12.8. The summed E-state index contributed by atoms with van der Waals surface area (Å²) in [4.78, 5) is 47.8. The Morgan fingerprint density at radius 2 is 1.52 bits per heavy atom. The van der Waals surface area contributed by atoms with Gasteiger partial charge in [0.25, 0.3) is 5.91 Å². The fraction of sp³-hybridized carbons (Fsp3) is 0. The number of ketones is 2. The first-order chi connectivity index (χ1) is 13.1. The van der Waals surface area contributed by atoms with Gasteiger partial charge < -0.3 is 5.32 Å². The number of aldehydes is 1. The van der Waals surface area contributed by atoms with Crippen LogP contribution in [0.25, 0.3) is 11.1 Å². The van der Waals surface area contributed by atoms with E-state index < -0.39 is 11.7 Å². The third-order valence-electron chi connectivity index (χ3n) is 4.51. The van der Waals surface area contributed by atoms with Crippen molar-refractivity contribution in [3.05, 3.63) is 89.0 Å². The Bertz CT molecular complexity index is 1130. The molecule has 1 N–H and O–H groups in total. The highest BCUT2D eigenvalue weighted by Gasteiger charge is 2.30. The second kappa shape index (κ2) is 6.46. The predicted octanol–water partition coefficient (Wildman–Crippen LogP) is 3.53. The van der Waals surface area contributed by atoms with Gasteiger partial charge in [-0.25, -0.2) is 0 Å². The molecule has 4 rings (SSSR count). The van der Waals surface area contributed by atoms with Crippen LogP contribution in [-0.2, 0) is 4.79 Å². The lowest BCUT2D eigenvalue weighted by Crippen LogP contribution is -2.16. The van der Waals surface area contributed by atoms with Gasteiger partial charge in [0.1, 0.15) is 0 Å². The number of Topliss-reactive ketones (excluding diaryl/α,β-unsaturated/α-hetero) is 1. The average molecular weight is 355 g/mol. The minimum absolute atomic E-state index is 0.184. The third kappa shape index (κ3) is 2.75. The summed E-state index contributed by atoms with van der Waals surface area (Å²) in [6.45, 7) is 0. The van der Waals surface area contributed by atoms with Crippen molar-refractivity contribution in [2.45, 2.75) is 0 Å². The number of benzene rings is 3. The summed E-state index contributed by atoms with van der Waals surface area (Å²) in [5.74, 6) is -1.31. The van der Waals surface area contributed by atoms with Crippen LogP contribution >= 0.6 is 0 Å². The zero-order chi connectivity index (χ0) is 19.0. The van der Waals surface area contributed by atoms with Crippen LogP contribution in [0.1, 0.15) is 36.6 Å². The van der Waals surface area contributed by atoms with Crippen LogP contribution in [0, 0.1) is 0 Å². The largest absolute Gasteiger partial charge is 0.322 e. The quantitative estimate of drug-likeness (QED) is 0.345. The van der Waals surface area contributed by atoms with E-state index in [2.05, 4.69) is 5.32 Å². The summed E-state index contributed by atoms with van der Waals surface area (Å²) in [5, 5.41) is 2.70. The average Bonchev–Trinajstić information content (AvgIpc) is 3.00. The number of carbonyl (C=O) groups excluding carboxylic acids is 4. The van der Waals surface area contributed by atoms with Crippen molar-refractivity contribution in [2.75, 3.05) is 5.32 Å². The SMILES string of the molecule is O=CC(=O)c1cccc(NC(=O)c2cccc3c2C(=O)c2ccccc2-3)c1. The van der Waals surface area contributed by atoms with E-state index in [0.717, 1.165) is 11.1 Å². The summed E-state index contributed by atoms with van der Waals surface area (Å²) < 4.78 is 0. The molecule has 3 aromatic carbocycles. The van der Waals surface area contributed by atoms with E-state index in [1.54, 1.807) is 36.4 Å². The molecule has 5 nitrogen and oxygen atoms in total. The molecule has 0 fully saturated rings. The number of anilines is 1. The predicted molar refractivity (Wildman–Crippen MR) is 100 cm³/mol. The summed E-state index contributed by atoms with van der Waals surface area (Å²) in [6.07, 6.45) is 0.223. The highest BCUT2D eigenvalue weighted by Crippen LogP contribution is 2.38. The number of amides is 1. The van der Waals surface area contributed by atoms with Gasteiger partial charge in [0.15, 0.2) is 12.1 Å². The first kappa shape index (κ1) is 16.6. The van der Waals surface area contributed by atoms with Gasteiger partial charge in [-0.1, -0.05) is 48.5 Å². The topological polar surface area (TPSA) is 80.3 Å². The van der Waals surface area contributed by atoms with E-state index in [1.807, 2.05) is 18.2 Å². The van der Waals surface area contributed by atoms with Crippen LogP contribution < -0.4 is 5.32 Å². The number of carbonyl (C=O) groups is 4. The zero-order valence-corrected chi connectivity index (χ0v) is 14.1. The van der Waals surface area contributed by atoms with Crippen LogP contribution in [0.15, 0.2) is 66.7 Å². The molecule has 130 valence electrons. The fourth-order valence-electron chi connectivity index (χ4n) is 3.28. The standard InChI is InChI=1S/C22H13NO4/c24-12-19(25)13-5-3-6-14(11-13)23-22(27)18-10-4-9-16-15-7-1-2-8-17(15)21(26)20(16)18/h1-12H,(H,23,27). The maximum atomic E-state index is 12.8. The third-order valence-corrected chi connectivity index (χ3v) is 4.51. The summed E-state index contributed by atoms with van der Waals surface area (Å²) in [6, 6.07) is 18.5. The summed E-state index contributed by atoms with van der Waals surface area (Å²) >= 11 is 0. The molecule has 27 heavy (non-hydrogen) atoms. The molecule has 1 amide bonds. The van der Waals surface area contributed by atoms with Crippen molar-refractivity contribution in [1.82, 2.24) is 0 Å². The Kier molecular flexibility index (Phi) is 3.97. The minimum atomic E-state index is -0.669. The number of hydrogen-bond acceptors (Lipinski definition) is 4. The van der Waals surface area contributed by atoms with Crippen molar-refractivity contribution >= 4 is 29.4 Å². The lowest BCUT2D eigenvalue weighted by molar-refractivity contribution is -0.104. The van der Waals surface area contributed by atoms with Gasteiger partial charge in [-0.3, -0.25) is 19.2 Å². The number of nitrogens with one attached hydrogen (secondary N) is 1. The number of rotatable bonds is 4. The Morgan fingerprint density at radius 1 is 0.815 bits per heavy atom. The van der Waals surface area contributed by atoms with Gasteiger partial charge in [-0.2, -0.15) is 0 Å². The number of fused-ring (bicyclic) bond motifs is 3. The molecule has 0 atom stereocenters. The smallest absolute Gasteiger partial charge is 0.256 e. The molecule has 0 radical (unpaired) electrons. The normalized spacial score (nSPS) is 11.5. The Hall–Kier alpha value is -3.86. The first-order valence-electron chi connectivity index (χ1n) is 8.28. The van der Waals surface area contributed by atoms with E-state index in [0.29, 0.717) is 16.8 Å². The van der Waals surface area contributed by atoms with E-state index in [4.69, 9.17) is 0 Å². The molecule has 0 spiro atoms. The van der Waals surface area contributed by atoms with Crippen LogP contribution in [-0.4, -0.2) is 23.8 Å². The second-order valence-corrected chi connectivity index (χ2v) is 6.12. The van der Waals surface area contributed by atoms with Gasteiger partial charge in [-0.05, 0) is 29.3 Å². The van der Waals surface area contributed by atoms with Crippen molar-refractivity contribution in [1.29, 1.82) is 0 Å². The maximum Gasteiger partial charge on any atom is 0.256 e. The fourth-order valence-corrected chi connectivity index (χ4v) is 3.28. The van der Waals surface area contributed by atoms with Crippen molar-refractivity contribution in [3.63, 3.8) is 0 Å². The molecule has 0 heterocycles. The Balaban J connectivity index is 1.70. The van der Waals surface area contributed by atoms with Gasteiger partial charge in [0.05, 0.1) is 5.56 Å². The van der Waals surface area contributed by atoms with Gasteiger partial charge in [0.2, 0.25) is 5.78 Å². The van der Waals surface area contributed by atoms with Crippen LogP contribution in [0.5, 0.6) is 0 Å². The lowest BCUT2D eigenvalue weighted by atomic mass is 10.00. The highest BCUT2D eigenvalue weighted by atomic mass is 16.2. The molecule has 0 saturated carbocycles. The van der Waals surface area contributed by atoms with E-state index in [9.17, 15) is 19.2 Å². The Labute approximate surface area is 154 Å². The zero-order valence-electron chi connectivity index (χ0n) is 14.1. The molecule has 0 aromatic heterocycles. The van der Waals surface area contributed by atoms with E-state index in [1.165, 1.54) is 12.1 Å². The van der Waals surface area contributed by atoms with Gasteiger partial charge in [-0.15, -0.1) is 0 Å². The summed E-state index contributed by atoms with van der Waals surface area (Å²) in [5.41, 5.74) is 3.31. The molecule has 3 aromatic rings. The molecule has 0 unspecified atom stereocenters. The molecule has 0 saturated heterocycles. The minimum Gasteiger partial charge on any atom is -0.322 e. The van der Waals surface area contributed by atoms with Gasteiger partial charge >= 0.3 is 0 Å². The first-order valence-corrected chi connectivity index (χ1v) is 8.28. The monoisotopic (exact) mass is 355 g/mol. The molecule has 5 heteroatoms. The van der Waals surface area contributed by atoms with Crippen LogP contribution in [0.2, 0.25) is 0 Å². The summed E-state index contributed by atoms with van der Waals surface area (Å²) in [7, 11) is 0.